The van der Waals surface area contributed by atoms with Gasteiger partial charge in [-0.25, -0.2) is 13.1 Å². The molecular weight excluding hydrogens is 378 g/mol. The van der Waals surface area contributed by atoms with E-state index in [4.69, 9.17) is 5.11 Å². The van der Waals surface area contributed by atoms with E-state index in [1.165, 1.54) is 0 Å². The summed E-state index contributed by atoms with van der Waals surface area (Å²) >= 11 is 4.47. The number of aryl methyl sites for hydroxylation is 1. The van der Waals surface area contributed by atoms with E-state index in [0.717, 1.165) is 39.9 Å². The molecule has 0 aliphatic heterocycles. The minimum absolute atomic E-state index is 0.169. The number of thiophene rings is 1. The molecule has 0 bridgehead atoms. The minimum atomic E-state index is -3.69. The van der Waals surface area contributed by atoms with Crippen molar-refractivity contribution in [3.8, 4) is 0 Å². The van der Waals surface area contributed by atoms with Gasteiger partial charge in [-0.2, -0.15) is 0 Å². The van der Waals surface area contributed by atoms with Crippen LogP contribution in [0.15, 0.2) is 14.1 Å². The molecule has 0 aromatic carbocycles. The van der Waals surface area contributed by atoms with E-state index >= 15 is 0 Å². The third-order valence-electron chi connectivity index (χ3n) is 3.75. The molecule has 1 heterocycles. The van der Waals surface area contributed by atoms with E-state index in [9.17, 15) is 13.2 Å². The average Bonchev–Trinajstić information content (AvgIpc) is 2.69. The smallest absolute Gasteiger partial charge is 0.305 e. The van der Waals surface area contributed by atoms with Crippen LogP contribution >= 0.6 is 27.3 Å². The molecule has 0 amide bonds. The lowest BCUT2D eigenvalue weighted by Gasteiger charge is -2.36. The number of hydrogen-bond acceptors (Lipinski definition) is 4. The van der Waals surface area contributed by atoms with Crippen LogP contribution in [0, 0.1) is 6.92 Å². The van der Waals surface area contributed by atoms with Gasteiger partial charge in [0.05, 0.1) is 10.2 Å². The first kappa shape index (κ1) is 16.9. The summed E-state index contributed by atoms with van der Waals surface area (Å²) in [6, 6.07) is 1.61. The Hall–Kier alpha value is -0.440. The van der Waals surface area contributed by atoms with Crippen molar-refractivity contribution in [2.75, 3.05) is 0 Å². The Morgan fingerprint density at radius 1 is 1.43 bits per heavy atom. The van der Waals surface area contributed by atoms with Gasteiger partial charge in [0, 0.05) is 5.54 Å². The van der Waals surface area contributed by atoms with E-state index in [1.54, 1.807) is 6.07 Å². The van der Waals surface area contributed by atoms with Crippen LogP contribution in [-0.4, -0.2) is 25.0 Å². The van der Waals surface area contributed by atoms with Crippen molar-refractivity contribution in [2.45, 2.75) is 55.2 Å². The maximum atomic E-state index is 12.5. The van der Waals surface area contributed by atoms with Crippen molar-refractivity contribution in [1.82, 2.24) is 4.72 Å². The monoisotopic (exact) mass is 395 g/mol. The second-order valence-electron chi connectivity index (χ2n) is 5.54. The van der Waals surface area contributed by atoms with Gasteiger partial charge < -0.3 is 5.11 Å². The van der Waals surface area contributed by atoms with Crippen molar-refractivity contribution < 1.29 is 18.3 Å². The van der Waals surface area contributed by atoms with Crippen LogP contribution in [0.3, 0.4) is 0 Å². The summed E-state index contributed by atoms with van der Waals surface area (Å²) in [6.45, 7) is 1.83. The van der Waals surface area contributed by atoms with Gasteiger partial charge in [-0.05, 0) is 47.3 Å². The Morgan fingerprint density at radius 3 is 2.52 bits per heavy atom. The Kier molecular flexibility index (Phi) is 5.12. The van der Waals surface area contributed by atoms with Gasteiger partial charge in [0.15, 0.2) is 0 Å². The topological polar surface area (TPSA) is 83.5 Å². The zero-order valence-corrected chi connectivity index (χ0v) is 14.9. The Morgan fingerprint density at radius 2 is 2.05 bits per heavy atom. The zero-order chi connectivity index (χ0) is 15.7. The van der Waals surface area contributed by atoms with Crippen LogP contribution in [-0.2, 0) is 14.8 Å². The molecule has 8 heteroatoms. The molecule has 0 atom stereocenters. The van der Waals surface area contributed by atoms with E-state index < -0.39 is 21.5 Å². The second kappa shape index (κ2) is 6.36. The average molecular weight is 396 g/mol. The summed E-state index contributed by atoms with van der Waals surface area (Å²) in [5.41, 5.74) is 0.00381. The van der Waals surface area contributed by atoms with Crippen molar-refractivity contribution >= 4 is 43.3 Å². The van der Waals surface area contributed by atoms with Crippen LogP contribution in [0.1, 0.15) is 44.1 Å². The molecule has 0 radical (unpaired) electrons. The van der Waals surface area contributed by atoms with Gasteiger partial charge >= 0.3 is 5.97 Å². The quantitative estimate of drug-likeness (QED) is 0.800. The summed E-state index contributed by atoms with van der Waals surface area (Å²) in [7, 11) is -3.69. The SMILES string of the molecule is Cc1cc(S(=O)(=O)NC2(CC(=O)O)CCCCC2)sc1Br. The predicted molar refractivity (Wildman–Crippen MR) is 85.1 cm³/mol. The van der Waals surface area contributed by atoms with E-state index in [-0.39, 0.29) is 10.6 Å². The fourth-order valence-corrected chi connectivity index (χ4v) is 6.42. The van der Waals surface area contributed by atoms with Gasteiger partial charge in [0.1, 0.15) is 4.21 Å². The molecule has 1 aromatic rings. The molecule has 0 saturated heterocycles. The highest BCUT2D eigenvalue weighted by molar-refractivity contribution is 9.11. The number of carbonyl (C=O) groups is 1. The summed E-state index contributed by atoms with van der Waals surface area (Å²) in [4.78, 5) is 11.1. The Balaban J connectivity index is 2.28. The molecule has 1 fully saturated rings. The van der Waals surface area contributed by atoms with Gasteiger partial charge in [-0.1, -0.05) is 19.3 Å². The highest BCUT2D eigenvalue weighted by Crippen LogP contribution is 2.35. The number of aliphatic carboxylic acids is 1. The van der Waals surface area contributed by atoms with Crippen LogP contribution in [0.5, 0.6) is 0 Å². The first-order chi connectivity index (χ1) is 9.74. The number of carboxylic acids is 1. The highest BCUT2D eigenvalue weighted by atomic mass is 79.9. The van der Waals surface area contributed by atoms with Crippen molar-refractivity contribution in [3.05, 3.63) is 15.4 Å². The van der Waals surface area contributed by atoms with Gasteiger partial charge in [-0.15, -0.1) is 11.3 Å². The Bertz CT molecular complexity index is 613. The number of sulfonamides is 1. The number of carboxylic acid groups (broad SMARTS) is 1. The molecule has 2 rings (SSSR count). The third kappa shape index (κ3) is 4.06. The molecule has 0 unspecified atom stereocenters. The summed E-state index contributed by atoms with van der Waals surface area (Å²) in [5.74, 6) is -0.969. The van der Waals surface area contributed by atoms with E-state index in [0.29, 0.717) is 12.8 Å². The van der Waals surface area contributed by atoms with Crippen molar-refractivity contribution in [3.63, 3.8) is 0 Å². The normalized spacial score (nSPS) is 18.6. The predicted octanol–water partition coefficient (Wildman–Crippen LogP) is 3.27. The molecule has 1 saturated carbocycles. The minimum Gasteiger partial charge on any atom is -0.481 e. The van der Waals surface area contributed by atoms with Crippen LogP contribution in [0.25, 0.3) is 0 Å². The number of nitrogens with one attached hydrogen (secondary N) is 1. The molecule has 1 aliphatic rings. The van der Waals surface area contributed by atoms with Crippen molar-refractivity contribution in [2.24, 2.45) is 0 Å². The van der Waals surface area contributed by atoms with Crippen LogP contribution in [0.4, 0.5) is 0 Å². The fourth-order valence-electron chi connectivity index (χ4n) is 2.73. The molecule has 1 aliphatic carbocycles. The molecular formula is C13H18BrNO4S2. The lowest BCUT2D eigenvalue weighted by Crippen LogP contribution is -2.50. The first-order valence-electron chi connectivity index (χ1n) is 6.76. The molecule has 1 aromatic heterocycles. The fraction of sp³-hybridized carbons (Fsp3) is 0.615. The molecule has 0 spiro atoms. The van der Waals surface area contributed by atoms with E-state index in [1.807, 2.05) is 6.92 Å². The second-order valence-corrected chi connectivity index (χ2v) is 9.82. The molecule has 118 valence electrons. The molecule has 2 N–H and O–H groups in total. The molecule has 5 nitrogen and oxygen atoms in total. The lowest BCUT2D eigenvalue weighted by molar-refractivity contribution is -0.138. The summed E-state index contributed by atoms with van der Waals surface area (Å²) < 4.78 is 28.8. The van der Waals surface area contributed by atoms with Gasteiger partial charge in [0.2, 0.25) is 0 Å². The lowest BCUT2D eigenvalue weighted by atomic mass is 9.80. The summed E-state index contributed by atoms with van der Waals surface area (Å²) in [6.07, 6.45) is 3.70. The largest absolute Gasteiger partial charge is 0.481 e. The maximum Gasteiger partial charge on any atom is 0.305 e. The first-order valence-corrected chi connectivity index (χ1v) is 9.85. The van der Waals surface area contributed by atoms with E-state index in [2.05, 4.69) is 20.7 Å². The van der Waals surface area contributed by atoms with Crippen LogP contribution < -0.4 is 4.72 Å². The summed E-state index contributed by atoms with van der Waals surface area (Å²) in [5, 5.41) is 9.11. The third-order valence-corrected chi connectivity index (χ3v) is 7.94. The molecule has 21 heavy (non-hydrogen) atoms. The maximum absolute atomic E-state index is 12.5. The number of halogens is 1. The standard InChI is InChI=1S/C13H18BrNO4S2/c1-9-7-11(20-12(9)14)21(18,19)15-13(8-10(16)17)5-3-2-4-6-13/h7,15H,2-6,8H2,1H3,(H,16,17). The van der Waals surface area contributed by atoms with Crippen LogP contribution in [0.2, 0.25) is 0 Å². The van der Waals surface area contributed by atoms with Crippen molar-refractivity contribution in [1.29, 1.82) is 0 Å². The Labute approximate surface area is 136 Å². The highest BCUT2D eigenvalue weighted by Gasteiger charge is 2.38. The number of hydrogen-bond donors (Lipinski definition) is 2. The van der Waals surface area contributed by atoms with Gasteiger partial charge in [0.25, 0.3) is 10.0 Å². The number of rotatable bonds is 5. The zero-order valence-electron chi connectivity index (χ0n) is 11.7. The van der Waals surface area contributed by atoms with Gasteiger partial charge in [-0.3, -0.25) is 4.79 Å².